The van der Waals surface area contributed by atoms with Gasteiger partial charge in [0.05, 0.1) is 0 Å². The number of hydrogen-bond donors (Lipinski definition) is 2. The van der Waals surface area contributed by atoms with E-state index in [1.54, 1.807) is 0 Å². The summed E-state index contributed by atoms with van der Waals surface area (Å²) in [5.41, 5.74) is 0. The molecule has 0 aromatic carbocycles. The summed E-state index contributed by atoms with van der Waals surface area (Å²) in [6.07, 6.45) is -5.82. The van der Waals surface area contributed by atoms with E-state index < -0.39 is 18.5 Å². The molecule has 13 heavy (non-hydrogen) atoms. The van der Waals surface area contributed by atoms with Crippen LogP contribution >= 0.6 is 0 Å². The zero-order chi connectivity index (χ0) is 10.3. The zero-order valence-electron chi connectivity index (χ0n) is 7.37. The molecule has 2 N–H and O–H groups in total. The van der Waals surface area contributed by atoms with Gasteiger partial charge in [-0.2, -0.15) is 13.2 Å². The first-order valence-electron chi connectivity index (χ1n) is 4.00. The molecule has 0 spiro atoms. The van der Waals surface area contributed by atoms with Gasteiger partial charge < -0.3 is 10.6 Å². The fourth-order valence-electron chi connectivity index (χ4n) is 0.712. The lowest BCUT2D eigenvalue weighted by atomic mass is 10.4. The van der Waals surface area contributed by atoms with Crippen LogP contribution in [0.1, 0.15) is 13.3 Å². The second kappa shape index (κ2) is 5.80. The highest BCUT2D eigenvalue weighted by Crippen LogP contribution is 2.18. The highest BCUT2D eigenvalue weighted by molar-refractivity contribution is 5.76. The van der Waals surface area contributed by atoms with Crippen molar-refractivity contribution in [2.75, 3.05) is 19.6 Å². The van der Waals surface area contributed by atoms with Crippen LogP contribution in [0.4, 0.5) is 13.2 Å². The third-order valence-electron chi connectivity index (χ3n) is 1.23. The van der Waals surface area contributed by atoms with Gasteiger partial charge in [-0.25, -0.2) is 0 Å². The number of hydrogen-bond acceptors (Lipinski definition) is 2. The van der Waals surface area contributed by atoms with E-state index in [1.165, 1.54) is 0 Å². The Bertz CT molecular complexity index is 158. The molecule has 0 saturated carbocycles. The first-order chi connectivity index (χ1) is 5.95. The average Bonchev–Trinajstić information content (AvgIpc) is 1.94. The summed E-state index contributed by atoms with van der Waals surface area (Å²) in [4.78, 5) is 10.6. The molecule has 0 saturated heterocycles. The Labute approximate surface area is 74.7 Å². The maximum Gasteiger partial charge on any atom is 0.397 e. The number of likely N-dealkylation sites (N-methyl/N-ethyl adjacent to an activating group) is 1. The summed E-state index contributed by atoms with van der Waals surface area (Å²) < 4.78 is 34.8. The van der Waals surface area contributed by atoms with Crippen molar-refractivity contribution in [2.45, 2.75) is 19.5 Å². The summed E-state index contributed by atoms with van der Waals surface area (Å²) in [5.74, 6) is -0.981. The fraction of sp³-hybridized carbons (Fsp3) is 0.857. The monoisotopic (exact) mass is 198 g/mol. The molecule has 0 fully saturated rings. The van der Waals surface area contributed by atoms with Gasteiger partial charge in [-0.05, 0) is 6.54 Å². The topological polar surface area (TPSA) is 41.1 Å². The zero-order valence-corrected chi connectivity index (χ0v) is 7.37. The molecule has 78 valence electrons. The van der Waals surface area contributed by atoms with E-state index in [4.69, 9.17) is 0 Å². The molecule has 0 heterocycles. The molecular formula is C7H13F3N2O. The summed E-state index contributed by atoms with van der Waals surface area (Å²) in [7, 11) is 0. The van der Waals surface area contributed by atoms with Crippen molar-refractivity contribution in [3.63, 3.8) is 0 Å². The van der Waals surface area contributed by atoms with E-state index in [0.717, 1.165) is 6.54 Å². The van der Waals surface area contributed by atoms with Crippen molar-refractivity contribution >= 4 is 5.91 Å². The third-order valence-corrected chi connectivity index (χ3v) is 1.23. The van der Waals surface area contributed by atoms with Gasteiger partial charge in [-0.3, -0.25) is 4.79 Å². The van der Waals surface area contributed by atoms with Crippen molar-refractivity contribution in [1.29, 1.82) is 0 Å². The highest BCUT2D eigenvalue weighted by atomic mass is 19.4. The van der Waals surface area contributed by atoms with Crippen molar-refractivity contribution < 1.29 is 18.0 Å². The predicted octanol–water partition coefficient (Wildman–Crippen LogP) is 0.664. The van der Waals surface area contributed by atoms with Gasteiger partial charge in [0.15, 0.2) is 0 Å². The van der Waals surface area contributed by atoms with Crippen LogP contribution in [0.3, 0.4) is 0 Å². The van der Waals surface area contributed by atoms with Crippen LogP contribution in [0.25, 0.3) is 0 Å². The maximum atomic E-state index is 11.6. The van der Waals surface area contributed by atoms with Gasteiger partial charge in [-0.1, -0.05) is 6.92 Å². The fourth-order valence-corrected chi connectivity index (χ4v) is 0.712. The minimum absolute atomic E-state index is 0.225. The summed E-state index contributed by atoms with van der Waals surface area (Å²) in [6.45, 7) is 3.32. The molecule has 3 nitrogen and oxygen atoms in total. The summed E-state index contributed by atoms with van der Waals surface area (Å²) in [5, 5.41) is 5.02. The quantitative estimate of drug-likeness (QED) is 0.637. The van der Waals surface area contributed by atoms with E-state index in [2.05, 4.69) is 10.6 Å². The van der Waals surface area contributed by atoms with Crippen LogP contribution in [-0.4, -0.2) is 31.7 Å². The SMILES string of the molecule is CCNCCNC(=O)CC(F)(F)F. The molecule has 0 aliphatic heterocycles. The van der Waals surface area contributed by atoms with Crippen molar-refractivity contribution in [2.24, 2.45) is 0 Å². The molecule has 0 aromatic rings. The van der Waals surface area contributed by atoms with Crippen LogP contribution in [0.5, 0.6) is 0 Å². The second-order valence-electron chi connectivity index (χ2n) is 2.50. The van der Waals surface area contributed by atoms with Crippen LogP contribution in [-0.2, 0) is 4.79 Å². The van der Waals surface area contributed by atoms with E-state index >= 15 is 0 Å². The minimum atomic E-state index is -4.41. The Kier molecular flexibility index (Phi) is 5.45. The molecule has 0 aromatic heterocycles. The first kappa shape index (κ1) is 12.2. The largest absolute Gasteiger partial charge is 0.397 e. The van der Waals surface area contributed by atoms with E-state index in [0.29, 0.717) is 6.54 Å². The van der Waals surface area contributed by atoms with E-state index in [1.807, 2.05) is 6.92 Å². The van der Waals surface area contributed by atoms with Gasteiger partial charge in [0.2, 0.25) is 5.91 Å². The van der Waals surface area contributed by atoms with Crippen LogP contribution in [0.2, 0.25) is 0 Å². The van der Waals surface area contributed by atoms with Gasteiger partial charge in [0, 0.05) is 13.1 Å². The molecular weight excluding hydrogens is 185 g/mol. The molecule has 0 rings (SSSR count). The van der Waals surface area contributed by atoms with Crippen molar-refractivity contribution in [3.05, 3.63) is 0 Å². The van der Waals surface area contributed by atoms with Gasteiger partial charge in [0.1, 0.15) is 6.42 Å². The number of rotatable bonds is 5. The molecule has 0 radical (unpaired) electrons. The third kappa shape index (κ3) is 9.13. The lowest BCUT2D eigenvalue weighted by Gasteiger charge is -2.07. The Hall–Kier alpha value is -0.780. The minimum Gasteiger partial charge on any atom is -0.355 e. The predicted molar refractivity (Wildman–Crippen MR) is 42.2 cm³/mol. The van der Waals surface area contributed by atoms with Crippen LogP contribution in [0, 0.1) is 0 Å². The normalized spacial score (nSPS) is 11.4. The van der Waals surface area contributed by atoms with Gasteiger partial charge in [0.25, 0.3) is 0 Å². The van der Waals surface area contributed by atoms with Crippen LogP contribution < -0.4 is 10.6 Å². The van der Waals surface area contributed by atoms with Crippen LogP contribution in [0.15, 0.2) is 0 Å². The standard InChI is InChI=1S/C7H13F3N2O/c1-2-11-3-4-12-6(13)5-7(8,9)10/h11H,2-5H2,1H3,(H,12,13). The Morgan fingerprint density at radius 1 is 1.31 bits per heavy atom. The highest BCUT2D eigenvalue weighted by Gasteiger charge is 2.30. The Balaban J connectivity index is 3.41. The number of halogens is 3. The van der Waals surface area contributed by atoms with Gasteiger partial charge >= 0.3 is 6.18 Å². The lowest BCUT2D eigenvalue weighted by molar-refractivity contribution is -0.153. The average molecular weight is 198 g/mol. The summed E-state index contributed by atoms with van der Waals surface area (Å²) in [6, 6.07) is 0. The smallest absolute Gasteiger partial charge is 0.355 e. The number of carbonyl (C=O) groups excluding carboxylic acids is 1. The van der Waals surface area contributed by atoms with Crippen molar-refractivity contribution in [1.82, 2.24) is 10.6 Å². The second-order valence-corrected chi connectivity index (χ2v) is 2.50. The van der Waals surface area contributed by atoms with Gasteiger partial charge in [-0.15, -0.1) is 0 Å². The number of carbonyl (C=O) groups is 1. The molecule has 0 atom stereocenters. The molecule has 0 aliphatic rings. The first-order valence-corrected chi connectivity index (χ1v) is 4.00. The molecule has 0 aliphatic carbocycles. The number of amides is 1. The Morgan fingerprint density at radius 2 is 1.92 bits per heavy atom. The molecule has 0 unspecified atom stereocenters. The lowest BCUT2D eigenvalue weighted by Crippen LogP contribution is -2.34. The molecule has 6 heteroatoms. The molecule has 0 bridgehead atoms. The number of nitrogens with one attached hydrogen (secondary N) is 2. The van der Waals surface area contributed by atoms with Crippen molar-refractivity contribution in [3.8, 4) is 0 Å². The number of alkyl halides is 3. The summed E-state index contributed by atoms with van der Waals surface area (Å²) >= 11 is 0. The maximum absolute atomic E-state index is 11.6. The molecule has 1 amide bonds. The van der Waals surface area contributed by atoms with E-state index in [9.17, 15) is 18.0 Å². The Morgan fingerprint density at radius 3 is 2.38 bits per heavy atom. The van der Waals surface area contributed by atoms with E-state index in [-0.39, 0.29) is 6.54 Å².